The summed E-state index contributed by atoms with van der Waals surface area (Å²) in [4.78, 5) is 55.0. The Morgan fingerprint density at radius 3 is 1.44 bits per heavy atom. The summed E-state index contributed by atoms with van der Waals surface area (Å²) in [5, 5.41) is -0.528. The average molecular weight is 499 g/mol. The van der Waals surface area contributed by atoms with Crippen LogP contribution in [0.2, 0.25) is 0 Å². The van der Waals surface area contributed by atoms with Crippen LogP contribution in [-0.4, -0.2) is 22.6 Å². The number of allylic oxidation sites excluding steroid dienone is 2. The van der Waals surface area contributed by atoms with Crippen molar-refractivity contribution < 1.29 is 23.7 Å². The highest BCUT2D eigenvalue weighted by molar-refractivity contribution is 7.99. The molecular weight excluding hydrogens is 471 g/mol. The second-order valence-electron chi connectivity index (χ2n) is 9.54. The molecule has 1 aliphatic carbocycles. The third-order valence-corrected chi connectivity index (χ3v) is 9.23. The van der Waals surface area contributed by atoms with E-state index >= 15 is 0 Å². The van der Waals surface area contributed by atoms with Crippen molar-refractivity contribution in [2.24, 2.45) is 0 Å². The van der Waals surface area contributed by atoms with Crippen molar-refractivity contribution in [1.82, 2.24) is 0 Å². The van der Waals surface area contributed by atoms with Crippen molar-refractivity contribution in [1.29, 1.82) is 0 Å². The minimum absolute atomic E-state index is 0.0375. The van der Waals surface area contributed by atoms with Gasteiger partial charge >= 0.3 is 0 Å². The van der Waals surface area contributed by atoms with Crippen LogP contribution in [0.5, 0.6) is 0 Å². The van der Waals surface area contributed by atoms with E-state index in [-0.39, 0.29) is 22.3 Å². The molecule has 0 saturated heterocycles. The first-order chi connectivity index (χ1) is 16.9. The molecule has 0 saturated carbocycles. The van der Waals surface area contributed by atoms with Gasteiger partial charge in [-0.2, -0.15) is 0 Å². The van der Waals surface area contributed by atoms with Crippen molar-refractivity contribution >= 4 is 29.8 Å². The van der Waals surface area contributed by atoms with Crippen molar-refractivity contribution in [3.63, 3.8) is 0 Å². The molecule has 0 bridgehead atoms. The Morgan fingerprint density at radius 1 is 0.639 bits per heavy atom. The largest absolute Gasteiger partial charge is 0.302 e. The van der Waals surface area contributed by atoms with Gasteiger partial charge in [-0.3, -0.25) is 19.2 Å². The molecule has 3 aromatic carbocycles. The maximum atomic E-state index is 15.0. The van der Waals surface area contributed by atoms with Gasteiger partial charge in [0.05, 0.1) is 5.31 Å². The highest BCUT2D eigenvalue weighted by Gasteiger charge is 2.50. The van der Waals surface area contributed by atoms with Crippen LogP contribution >= 0.6 is 7.14 Å². The van der Waals surface area contributed by atoms with Crippen LogP contribution in [0.4, 0.5) is 0 Å². The quantitative estimate of drug-likeness (QED) is 0.359. The standard InChI is InChI=1S/C30H27O5P/c1-16-11-18(3)26(19(4)12-16)29(33)36(35,30(34)27-20(5)13-17(2)14-21(27)6)25-15-24(31)22-9-7-8-10-23(22)28(25)32/h7-15H,1-6H3. The number of ketones is 2. The molecular formula is C30H27O5P. The summed E-state index contributed by atoms with van der Waals surface area (Å²) in [6.07, 6.45) is 0.930. The van der Waals surface area contributed by atoms with E-state index in [0.717, 1.165) is 17.2 Å². The van der Waals surface area contributed by atoms with Gasteiger partial charge in [0.2, 0.25) is 11.0 Å². The molecule has 1 aliphatic rings. The lowest BCUT2D eigenvalue weighted by atomic mass is 9.95. The number of rotatable bonds is 5. The molecule has 0 aromatic heterocycles. The molecule has 182 valence electrons. The summed E-state index contributed by atoms with van der Waals surface area (Å²) < 4.78 is 15.0. The second kappa shape index (κ2) is 9.07. The maximum Gasteiger partial charge on any atom is 0.252 e. The van der Waals surface area contributed by atoms with Crippen LogP contribution in [-0.2, 0) is 4.57 Å². The number of hydrogen-bond donors (Lipinski definition) is 0. The van der Waals surface area contributed by atoms with Gasteiger partial charge < -0.3 is 4.57 Å². The highest BCUT2D eigenvalue weighted by Crippen LogP contribution is 2.61. The van der Waals surface area contributed by atoms with Crippen LogP contribution in [0.15, 0.2) is 59.9 Å². The monoisotopic (exact) mass is 498 g/mol. The summed E-state index contributed by atoms with van der Waals surface area (Å²) in [6.45, 7) is 10.6. The SMILES string of the molecule is Cc1cc(C)c(C(=O)P(=O)(C(=O)c2c(C)cc(C)cc2C)C2=CC(=O)c3ccccc3C2=O)c(C)c1. The maximum absolute atomic E-state index is 15.0. The number of fused-ring (bicyclic) bond motifs is 1. The number of aryl methyl sites for hydroxylation is 6. The summed E-state index contributed by atoms with van der Waals surface area (Å²) in [5.41, 5.74) is 2.66. The van der Waals surface area contributed by atoms with E-state index in [9.17, 15) is 23.7 Å². The molecule has 0 heterocycles. The predicted octanol–water partition coefficient (Wildman–Crippen LogP) is 6.84. The fourth-order valence-electron chi connectivity index (χ4n) is 5.20. The summed E-state index contributed by atoms with van der Waals surface area (Å²) in [5.74, 6) is -1.30. The van der Waals surface area contributed by atoms with Crippen molar-refractivity contribution in [3.8, 4) is 0 Å². The zero-order valence-corrected chi connectivity index (χ0v) is 22.1. The molecule has 0 aliphatic heterocycles. The topological polar surface area (TPSA) is 85.3 Å². The van der Waals surface area contributed by atoms with Gasteiger partial charge in [-0.25, -0.2) is 0 Å². The Morgan fingerprint density at radius 2 is 1.03 bits per heavy atom. The Kier molecular flexibility index (Phi) is 6.40. The van der Waals surface area contributed by atoms with E-state index in [1.807, 2.05) is 13.8 Å². The van der Waals surface area contributed by atoms with Crippen LogP contribution < -0.4 is 0 Å². The highest BCUT2D eigenvalue weighted by atomic mass is 31.2. The number of hydrogen-bond acceptors (Lipinski definition) is 5. The lowest BCUT2D eigenvalue weighted by molar-refractivity contribution is 0.0982. The number of benzene rings is 3. The Labute approximate surface area is 210 Å². The minimum atomic E-state index is -4.79. The Balaban J connectivity index is 2.04. The fourth-order valence-corrected chi connectivity index (χ4v) is 7.86. The third kappa shape index (κ3) is 3.94. The molecule has 0 N–H and O–H groups in total. The Hall–Kier alpha value is -3.69. The summed E-state index contributed by atoms with van der Waals surface area (Å²) in [7, 11) is -4.79. The minimum Gasteiger partial charge on any atom is -0.302 e. The van der Waals surface area contributed by atoms with Crippen LogP contribution in [0, 0.1) is 41.5 Å². The predicted molar refractivity (Wildman–Crippen MR) is 141 cm³/mol. The van der Waals surface area contributed by atoms with Gasteiger partial charge in [0.1, 0.15) is 0 Å². The molecule has 4 rings (SSSR count). The van der Waals surface area contributed by atoms with Crippen LogP contribution in [0.3, 0.4) is 0 Å². The fraction of sp³-hybridized carbons (Fsp3) is 0.200. The van der Waals surface area contributed by atoms with Crippen molar-refractivity contribution in [2.45, 2.75) is 41.5 Å². The number of Topliss-reactive ketones (excluding diaryl/α,β-unsaturated/α-hetero) is 1. The molecule has 36 heavy (non-hydrogen) atoms. The zero-order chi connectivity index (χ0) is 26.5. The lowest BCUT2D eigenvalue weighted by Gasteiger charge is -2.24. The molecule has 5 nitrogen and oxygen atoms in total. The smallest absolute Gasteiger partial charge is 0.252 e. The van der Waals surface area contributed by atoms with Crippen LogP contribution in [0.1, 0.15) is 74.8 Å². The average Bonchev–Trinajstić information content (AvgIpc) is 2.79. The van der Waals surface area contributed by atoms with E-state index in [4.69, 9.17) is 0 Å². The van der Waals surface area contributed by atoms with Gasteiger partial charge in [-0.1, -0.05) is 59.7 Å². The van der Waals surface area contributed by atoms with Crippen LogP contribution in [0.25, 0.3) is 0 Å². The number of carbonyl (C=O) groups is 4. The van der Waals surface area contributed by atoms with E-state index in [1.54, 1.807) is 64.1 Å². The van der Waals surface area contributed by atoms with E-state index in [1.165, 1.54) is 12.1 Å². The first-order valence-electron chi connectivity index (χ1n) is 11.6. The van der Waals surface area contributed by atoms with Crippen molar-refractivity contribution in [2.75, 3.05) is 0 Å². The normalized spacial score (nSPS) is 13.3. The molecule has 0 atom stereocenters. The van der Waals surface area contributed by atoms with Crippen molar-refractivity contribution in [3.05, 3.63) is 116 Å². The zero-order valence-electron chi connectivity index (χ0n) is 21.2. The van der Waals surface area contributed by atoms with E-state index in [2.05, 4.69) is 0 Å². The number of carbonyl (C=O) groups excluding carboxylic acids is 4. The summed E-state index contributed by atoms with van der Waals surface area (Å²) in [6, 6.07) is 13.3. The molecule has 3 aromatic rings. The first kappa shape index (κ1) is 25.4. The summed E-state index contributed by atoms with van der Waals surface area (Å²) >= 11 is 0. The van der Waals surface area contributed by atoms with E-state index < -0.39 is 35.1 Å². The Bertz CT molecular complexity index is 1470. The second-order valence-corrected chi connectivity index (χ2v) is 12.0. The molecule has 0 amide bonds. The third-order valence-electron chi connectivity index (χ3n) is 6.63. The molecule has 0 radical (unpaired) electrons. The lowest BCUT2D eigenvalue weighted by Crippen LogP contribution is -2.24. The van der Waals surface area contributed by atoms with Gasteiger partial charge in [-0.05, 0) is 63.8 Å². The van der Waals surface area contributed by atoms with Gasteiger partial charge in [-0.15, -0.1) is 0 Å². The van der Waals surface area contributed by atoms with Gasteiger partial charge in [0.25, 0.3) is 7.14 Å². The van der Waals surface area contributed by atoms with Gasteiger partial charge in [0, 0.05) is 28.3 Å². The molecule has 6 heteroatoms. The molecule has 0 fully saturated rings. The first-order valence-corrected chi connectivity index (χ1v) is 13.3. The van der Waals surface area contributed by atoms with Gasteiger partial charge in [0.15, 0.2) is 11.6 Å². The van der Waals surface area contributed by atoms with E-state index in [0.29, 0.717) is 22.3 Å². The molecule has 0 unspecified atom stereocenters. The molecule has 0 spiro atoms.